The van der Waals surface area contributed by atoms with Gasteiger partial charge in [-0.05, 0) is 37.8 Å². The standard InChI is InChI=1S/C18H25NO3S/c1-13-8-6-7-11-16(13)19-18(21)14(2)22-17(20)12-23-15-9-4-3-5-10-15/h3-5,9-10,13-14,16H,6-8,11-12H2,1-2H3,(H,19,21)/t13-,14+,16+/m0/s1. The highest BCUT2D eigenvalue weighted by Crippen LogP contribution is 2.24. The molecule has 0 unspecified atom stereocenters. The van der Waals surface area contributed by atoms with Crippen molar-refractivity contribution in [1.82, 2.24) is 5.32 Å². The lowest BCUT2D eigenvalue weighted by Crippen LogP contribution is -2.46. The molecule has 5 heteroatoms. The summed E-state index contributed by atoms with van der Waals surface area (Å²) < 4.78 is 5.24. The molecule has 0 saturated heterocycles. The molecule has 0 aromatic heterocycles. The third-order valence-electron chi connectivity index (χ3n) is 4.22. The average molecular weight is 335 g/mol. The number of benzene rings is 1. The summed E-state index contributed by atoms with van der Waals surface area (Å²) in [5.41, 5.74) is 0. The minimum absolute atomic E-state index is 0.193. The van der Waals surface area contributed by atoms with Crippen molar-refractivity contribution in [3.05, 3.63) is 30.3 Å². The number of hydrogen-bond donors (Lipinski definition) is 1. The lowest BCUT2D eigenvalue weighted by molar-refractivity contribution is -0.152. The van der Waals surface area contributed by atoms with Gasteiger partial charge in [-0.3, -0.25) is 9.59 Å². The van der Waals surface area contributed by atoms with Crippen LogP contribution in [0.1, 0.15) is 39.5 Å². The van der Waals surface area contributed by atoms with E-state index in [1.165, 1.54) is 18.2 Å². The molecule has 1 saturated carbocycles. The van der Waals surface area contributed by atoms with Gasteiger partial charge in [0.1, 0.15) is 0 Å². The van der Waals surface area contributed by atoms with Crippen molar-refractivity contribution in [2.75, 3.05) is 5.75 Å². The molecule has 0 aliphatic heterocycles. The second-order valence-corrected chi connectivity index (χ2v) is 7.16. The largest absolute Gasteiger partial charge is 0.452 e. The van der Waals surface area contributed by atoms with Crippen LogP contribution in [-0.4, -0.2) is 29.8 Å². The van der Waals surface area contributed by atoms with Crippen LogP contribution in [0.4, 0.5) is 0 Å². The second-order valence-electron chi connectivity index (χ2n) is 6.11. The smallest absolute Gasteiger partial charge is 0.317 e. The Balaban J connectivity index is 1.73. The lowest BCUT2D eigenvalue weighted by Gasteiger charge is -2.30. The predicted octanol–water partition coefficient (Wildman–Crippen LogP) is 3.41. The maximum Gasteiger partial charge on any atom is 0.317 e. The van der Waals surface area contributed by atoms with Crippen molar-refractivity contribution in [3.63, 3.8) is 0 Å². The molecule has 0 bridgehead atoms. The molecule has 1 aliphatic rings. The van der Waals surface area contributed by atoms with Crippen LogP contribution < -0.4 is 5.32 Å². The van der Waals surface area contributed by atoms with Crippen LogP contribution in [0.5, 0.6) is 0 Å². The van der Waals surface area contributed by atoms with Crippen LogP contribution in [0.3, 0.4) is 0 Å². The number of amides is 1. The normalized spacial score (nSPS) is 22.2. The van der Waals surface area contributed by atoms with E-state index in [1.807, 2.05) is 30.3 Å². The number of nitrogens with one attached hydrogen (secondary N) is 1. The summed E-state index contributed by atoms with van der Waals surface area (Å²) in [6.07, 6.45) is 3.80. The van der Waals surface area contributed by atoms with E-state index in [0.29, 0.717) is 5.92 Å². The summed E-state index contributed by atoms with van der Waals surface area (Å²) >= 11 is 1.41. The highest BCUT2D eigenvalue weighted by molar-refractivity contribution is 8.00. The van der Waals surface area contributed by atoms with Crippen LogP contribution in [0.2, 0.25) is 0 Å². The predicted molar refractivity (Wildman–Crippen MR) is 92.3 cm³/mol. The van der Waals surface area contributed by atoms with Gasteiger partial charge in [0, 0.05) is 10.9 Å². The van der Waals surface area contributed by atoms with Crippen LogP contribution >= 0.6 is 11.8 Å². The summed E-state index contributed by atoms with van der Waals surface area (Å²) in [6.45, 7) is 3.80. The third kappa shape index (κ3) is 5.90. The Labute approximate surface area is 142 Å². The molecule has 1 N–H and O–H groups in total. The summed E-state index contributed by atoms with van der Waals surface area (Å²) in [5.74, 6) is 0.144. The third-order valence-corrected chi connectivity index (χ3v) is 5.20. The Hall–Kier alpha value is -1.49. The van der Waals surface area contributed by atoms with E-state index in [-0.39, 0.29) is 23.7 Å². The summed E-state index contributed by atoms with van der Waals surface area (Å²) in [7, 11) is 0. The molecule has 0 spiro atoms. The van der Waals surface area contributed by atoms with Gasteiger partial charge in [0.2, 0.25) is 0 Å². The Morgan fingerprint density at radius 1 is 1.26 bits per heavy atom. The Kier molecular flexibility index (Phi) is 6.96. The van der Waals surface area contributed by atoms with Crippen molar-refractivity contribution in [2.45, 2.75) is 56.6 Å². The summed E-state index contributed by atoms with van der Waals surface area (Å²) in [6, 6.07) is 9.87. The topological polar surface area (TPSA) is 55.4 Å². The van der Waals surface area contributed by atoms with Gasteiger partial charge in [-0.2, -0.15) is 0 Å². The van der Waals surface area contributed by atoms with Crippen LogP contribution in [0, 0.1) is 5.92 Å². The minimum atomic E-state index is -0.743. The number of thioether (sulfide) groups is 1. The molecule has 1 aromatic carbocycles. The summed E-state index contributed by atoms with van der Waals surface area (Å²) in [5, 5.41) is 3.02. The molecule has 126 valence electrons. The minimum Gasteiger partial charge on any atom is -0.452 e. The van der Waals surface area contributed by atoms with Crippen molar-refractivity contribution in [2.24, 2.45) is 5.92 Å². The first-order chi connectivity index (χ1) is 11.1. The van der Waals surface area contributed by atoms with Crippen molar-refractivity contribution >= 4 is 23.6 Å². The molecule has 0 radical (unpaired) electrons. The molecular formula is C18H25NO3S. The first-order valence-electron chi connectivity index (χ1n) is 8.24. The number of hydrogen-bond acceptors (Lipinski definition) is 4. The van der Waals surface area contributed by atoms with E-state index < -0.39 is 6.10 Å². The number of carbonyl (C=O) groups excluding carboxylic acids is 2. The number of esters is 1. The fraction of sp³-hybridized carbons (Fsp3) is 0.556. The SMILES string of the molecule is C[C@@H](OC(=O)CSc1ccccc1)C(=O)N[C@@H]1CCCC[C@@H]1C. The van der Waals surface area contributed by atoms with Gasteiger partial charge in [-0.1, -0.05) is 38.0 Å². The zero-order chi connectivity index (χ0) is 16.7. The molecule has 1 amide bonds. The Bertz CT molecular complexity index is 520. The van der Waals surface area contributed by atoms with Crippen molar-refractivity contribution in [1.29, 1.82) is 0 Å². The van der Waals surface area contributed by atoms with E-state index in [4.69, 9.17) is 4.74 Å². The molecule has 4 nitrogen and oxygen atoms in total. The van der Waals surface area contributed by atoms with Gasteiger partial charge in [0.25, 0.3) is 5.91 Å². The molecular weight excluding hydrogens is 310 g/mol. The highest BCUT2D eigenvalue weighted by atomic mass is 32.2. The lowest BCUT2D eigenvalue weighted by atomic mass is 9.86. The molecule has 1 aliphatic carbocycles. The number of ether oxygens (including phenoxy) is 1. The molecule has 23 heavy (non-hydrogen) atoms. The fourth-order valence-corrected chi connectivity index (χ4v) is 3.48. The molecule has 2 rings (SSSR count). The van der Waals surface area contributed by atoms with Crippen molar-refractivity contribution in [3.8, 4) is 0 Å². The van der Waals surface area contributed by atoms with E-state index in [1.54, 1.807) is 6.92 Å². The van der Waals surface area contributed by atoms with Gasteiger partial charge in [0.15, 0.2) is 6.10 Å². The maximum absolute atomic E-state index is 12.2. The monoisotopic (exact) mass is 335 g/mol. The Morgan fingerprint density at radius 3 is 2.65 bits per heavy atom. The van der Waals surface area contributed by atoms with Crippen LogP contribution in [0.15, 0.2) is 35.2 Å². The molecule has 0 heterocycles. The average Bonchev–Trinajstić information content (AvgIpc) is 2.56. The fourth-order valence-electron chi connectivity index (χ4n) is 2.77. The highest BCUT2D eigenvalue weighted by Gasteiger charge is 2.26. The maximum atomic E-state index is 12.2. The van der Waals surface area contributed by atoms with Crippen molar-refractivity contribution < 1.29 is 14.3 Å². The van der Waals surface area contributed by atoms with E-state index in [0.717, 1.165) is 24.2 Å². The first kappa shape index (κ1) is 17.9. The molecule has 1 fully saturated rings. The molecule has 1 aromatic rings. The zero-order valence-corrected chi connectivity index (χ0v) is 14.6. The Morgan fingerprint density at radius 2 is 1.96 bits per heavy atom. The van der Waals surface area contributed by atoms with Gasteiger partial charge >= 0.3 is 5.97 Å². The van der Waals surface area contributed by atoms with Gasteiger partial charge in [-0.15, -0.1) is 11.8 Å². The number of rotatable bonds is 6. The zero-order valence-electron chi connectivity index (χ0n) is 13.8. The summed E-state index contributed by atoms with van der Waals surface area (Å²) in [4.78, 5) is 25.0. The molecule has 3 atom stereocenters. The first-order valence-corrected chi connectivity index (χ1v) is 9.22. The van der Waals surface area contributed by atoms with Crippen LogP contribution in [-0.2, 0) is 14.3 Å². The van der Waals surface area contributed by atoms with Crippen LogP contribution in [0.25, 0.3) is 0 Å². The van der Waals surface area contributed by atoms with E-state index in [2.05, 4.69) is 12.2 Å². The quantitative estimate of drug-likeness (QED) is 0.639. The second kappa shape index (κ2) is 8.96. The van der Waals surface area contributed by atoms with E-state index >= 15 is 0 Å². The van der Waals surface area contributed by atoms with E-state index in [9.17, 15) is 9.59 Å². The number of carbonyl (C=O) groups is 2. The van der Waals surface area contributed by atoms with Gasteiger partial charge < -0.3 is 10.1 Å². The van der Waals surface area contributed by atoms with Gasteiger partial charge in [0.05, 0.1) is 5.75 Å². The van der Waals surface area contributed by atoms with Gasteiger partial charge in [-0.25, -0.2) is 0 Å².